The smallest absolute Gasteiger partial charge is 0.333 e. The molecule has 1 aliphatic heterocycles. The molecule has 1 aliphatic rings. The number of amides is 4. The van der Waals surface area contributed by atoms with Crippen LogP contribution in [0.4, 0.5) is 9.93 Å². The van der Waals surface area contributed by atoms with E-state index in [-0.39, 0.29) is 57.3 Å². The molecular formula is C32H31Cl2N7O4S. The van der Waals surface area contributed by atoms with Crippen LogP contribution >= 0.6 is 34.5 Å². The molecule has 1 fully saturated rings. The first-order valence-electron chi connectivity index (χ1n) is 14.3. The van der Waals surface area contributed by atoms with Crippen molar-refractivity contribution in [3.05, 3.63) is 87.4 Å². The SMILES string of the molecule is C#CCN(C(=O)NCc1ccc(Cl)c(Cl)c1)N1CCN(Cc2cccc3sc(N)nc23)C(=O)[C@H](Cc2ccc(O)cc2)NC(=O)C1. The third-order valence-corrected chi connectivity index (χ3v) is 8.99. The zero-order valence-corrected chi connectivity index (χ0v) is 26.9. The largest absolute Gasteiger partial charge is 0.508 e. The van der Waals surface area contributed by atoms with Crippen LogP contribution in [0.3, 0.4) is 0 Å². The first kappa shape index (κ1) is 32.8. The van der Waals surface area contributed by atoms with Crippen LogP contribution in [0.5, 0.6) is 5.75 Å². The Morgan fingerprint density at radius 3 is 2.63 bits per heavy atom. The van der Waals surface area contributed by atoms with Crippen molar-refractivity contribution in [2.24, 2.45) is 0 Å². The number of benzene rings is 3. The lowest BCUT2D eigenvalue weighted by molar-refractivity contribution is -0.136. The number of phenols is 1. The molecule has 11 nitrogen and oxygen atoms in total. The van der Waals surface area contributed by atoms with Crippen LogP contribution in [0, 0.1) is 12.3 Å². The molecule has 1 aromatic heterocycles. The van der Waals surface area contributed by atoms with Crippen molar-refractivity contribution < 1.29 is 19.5 Å². The third-order valence-electron chi connectivity index (χ3n) is 7.40. The molecule has 3 aromatic carbocycles. The molecule has 0 radical (unpaired) electrons. The average molecular weight is 681 g/mol. The normalized spacial score (nSPS) is 15.8. The van der Waals surface area contributed by atoms with Gasteiger partial charge in [0.05, 0.1) is 33.4 Å². The summed E-state index contributed by atoms with van der Waals surface area (Å²) in [4.78, 5) is 47.1. The first-order chi connectivity index (χ1) is 22.1. The molecule has 1 atom stereocenters. The third kappa shape index (κ3) is 7.99. The number of nitrogen functional groups attached to an aromatic ring is 1. The highest BCUT2D eigenvalue weighted by atomic mass is 35.5. The number of aromatic hydroxyl groups is 1. The summed E-state index contributed by atoms with van der Waals surface area (Å²) in [6.45, 7) is 0.264. The van der Waals surface area contributed by atoms with Crippen LogP contribution in [-0.4, -0.2) is 75.1 Å². The number of terminal acetylenes is 1. The number of anilines is 1. The standard InChI is InChI=1S/C32H31Cl2N7O4S/c1-2-12-41(32(45)36-17-21-8-11-24(33)25(34)15-21)40-14-13-39(18-22-4-3-5-27-29(22)38-31(35)46-27)30(44)26(37-28(43)19-40)16-20-6-9-23(42)10-7-20/h1,3-11,15,26,42H,12-14,16-19H2,(H2,35,38)(H,36,45)(H,37,43)/t26-/m0/s1. The summed E-state index contributed by atoms with van der Waals surface area (Å²) < 4.78 is 0.890. The van der Waals surface area contributed by atoms with Gasteiger partial charge in [-0.2, -0.15) is 0 Å². The lowest BCUT2D eigenvalue weighted by atomic mass is 10.0. The highest BCUT2D eigenvalue weighted by Crippen LogP contribution is 2.28. The Balaban J connectivity index is 1.41. The monoisotopic (exact) mass is 679 g/mol. The molecule has 5 rings (SSSR count). The van der Waals surface area contributed by atoms with Crippen molar-refractivity contribution in [3.8, 4) is 18.1 Å². The van der Waals surface area contributed by atoms with E-state index >= 15 is 0 Å². The van der Waals surface area contributed by atoms with E-state index in [2.05, 4.69) is 21.5 Å². The van der Waals surface area contributed by atoms with E-state index in [9.17, 15) is 19.5 Å². The van der Waals surface area contributed by atoms with Gasteiger partial charge in [0.2, 0.25) is 11.8 Å². The number of rotatable bonds is 8. The number of nitrogens with two attached hydrogens (primary N) is 1. The van der Waals surface area contributed by atoms with Gasteiger partial charge in [-0.05, 0) is 47.0 Å². The van der Waals surface area contributed by atoms with Crippen molar-refractivity contribution in [2.45, 2.75) is 25.6 Å². The molecule has 46 heavy (non-hydrogen) atoms. The zero-order chi connectivity index (χ0) is 32.8. The number of hydrazine groups is 1. The zero-order valence-electron chi connectivity index (χ0n) is 24.6. The second-order valence-electron chi connectivity index (χ2n) is 10.6. The number of carbonyl (C=O) groups excluding carboxylic acids is 3. The first-order valence-corrected chi connectivity index (χ1v) is 15.9. The second-order valence-corrected chi connectivity index (χ2v) is 12.5. The van der Waals surface area contributed by atoms with E-state index < -0.39 is 18.0 Å². The van der Waals surface area contributed by atoms with Gasteiger partial charge in [-0.15, -0.1) is 6.42 Å². The summed E-state index contributed by atoms with van der Waals surface area (Å²) in [5.74, 6) is 1.80. The number of aromatic nitrogens is 1. The van der Waals surface area contributed by atoms with Gasteiger partial charge in [0.15, 0.2) is 5.13 Å². The molecule has 2 heterocycles. The maximum Gasteiger partial charge on any atom is 0.333 e. The molecule has 0 unspecified atom stereocenters. The van der Waals surface area contributed by atoms with Gasteiger partial charge in [0.25, 0.3) is 0 Å². The average Bonchev–Trinajstić information content (AvgIpc) is 3.44. The van der Waals surface area contributed by atoms with E-state index in [4.69, 9.17) is 35.4 Å². The lowest BCUT2D eigenvalue weighted by Crippen LogP contribution is -2.55. The van der Waals surface area contributed by atoms with Crippen molar-refractivity contribution in [1.29, 1.82) is 0 Å². The fourth-order valence-electron chi connectivity index (χ4n) is 5.14. The molecule has 0 aliphatic carbocycles. The van der Waals surface area contributed by atoms with Gasteiger partial charge in [0.1, 0.15) is 11.8 Å². The highest BCUT2D eigenvalue weighted by molar-refractivity contribution is 7.22. The van der Waals surface area contributed by atoms with Crippen molar-refractivity contribution in [1.82, 2.24) is 30.5 Å². The minimum atomic E-state index is -0.915. The van der Waals surface area contributed by atoms with Crippen LogP contribution in [0.25, 0.3) is 10.2 Å². The topological polar surface area (TPSA) is 144 Å². The summed E-state index contributed by atoms with van der Waals surface area (Å²) in [6.07, 6.45) is 5.84. The van der Waals surface area contributed by atoms with Crippen molar-refractivity contribution >= 4 is 67.7 Å². The molecule has 0 saturated carbocycles. The fraction of sp³-hybridized carbons (Fsp3) is 0.250. The lowest BCUT2D eigenvalue weighted by Gasteiger charge is -2.34. The van der Waals surface area contributed by atoms with E-state index in [1.807, 2.05) is 18.2 Å². The quantitative estimate of drug-likeness (QED) is 0.206. The van der Waals surface area contributed by atoms with Crippen LogP contribution in [-0.2, 0) is 29.1 Å². The highest BCUT2D eigenvalue weighted by Gasteiger charge is 2.32. The van der Waals surface area contributed by atoms with Crippen LogP contribution in [0.1, 0.15) is 16.7 Å². The fourth-order valence-corrected chi connectivity index (χ4v) is 6.25. The van der Waals surface area contributed by atoms with E-state index in [1.54, 1.807) is 35.2 Å². The van der Waals surface area contributed by atoms with Gasteiger partial charge in [-0.3, -0.25) is 9.59 Å². The number of thiazole rings is 1. The molecule has 14 heteroatoms. The Labute approximate surface area is 279 Å². The number of fused-ring (bicyclic) bond motifs is 1. The number of nitrogens with one attached hydrogen (secondary N) is 2. The van der Waals surface area contributed by atoms with Gasteiger partial charge >= 0.3 is 6.03 Å². The number of nitrogens with zero attached hydrogens (tertiary/aromatic N) is 4. The Hall–Kier alpha value is -4.54. The van der Waals surface area contributed by atoms with E-state index in [0.717, 1.165) is 21.4 Å². The number of urea groups is 1. The maximum atomic E-state index is 14.1. The molecular weight excluding hydrogens is 649 g/mol. The van der Waals surface area contributed by atoms with Gasteiger partial charge in [-0.25, -0.2) is 19.8 Å². The number of para-hydroxylation sites is 1. The Morgan fingerprint density at radius 1 is 1.13 bits per heavy atom. The summed E-state index contributed by atoms with van der Waals surface area (Å²) in [6, 6.07) is 15.7. The number of carbonyl (C=O) groups is 3. The van der Waals surface area contributed by atoms with E-state index in [0.29, 0.717) is 20.7 Å². The van der Waals surface area contributed by atoms with Crippen LogP contribution in [0.15, 0.2) is 60.7 Å². The molecule has 4 aromatic rings. The molecule has 5 N–H and O–H groups in total. The van der Waals surface area contributed by atoms with Crippen LogP contribution < -0.4 is 16.4 Å². The number of hydrogen-bond acceptors (Lipinski definition) is 8. The minimum Gasteiger partial charge on any atom is -0.508 e. The molecule has 1 saturated heterocycles. The van der Waals surface area contributed by atoms with Gasteiger partial charge < -0.3 is 26.4 Å². The van der Waals surface area contributed by atoms with Crippen molar-refractivity contribution in [3.63, 3.8) is 0 Å². The minimum absolute atomic E-state index is 0.0903. The number of phenolic OH excluding ortho intramolecular Hbond substituents is 1. The predicted octanol–water partition coefficient (Wildman–Crippen LogP) is 4.02. The maximum absolute atomic E-state index is 14.1. The second kappa shape index (κ2) is 14.7. The molecule has 0 spiro atoms. The molecule has 4 amide bonds. The summed E-state index contributed by atoms with van der Waals surface area (Å²) in [5.41, 5.74) is 8.94. The van der Waals surface area contributed by atoms with Gasteiger partial charge in [0, 0.05) is 32.6 Å². The van der Waals surface area contributed by atoms with Crippen LogP contribution in [0.2, 0.25) is 10.0 Å². The summed E-state index contributed by atoms with van der Waals surface area (Å²) in [7, 11) is 0. The summed E-state index contributed by atoms with van der Waals surface area (Å²) >= 11 is 13.5. The Kier molecular flexibility index (Phi) is 10.5. The number of hydrogen-bond donors (Lipinski definition) is 4. The molecule has 0 bridgehead atoms. The Bertz CT molecular complexity index is 1790. The van der Waals surface area contributed by atoms with E-state index in [1.165, 1.54) is 33.5 Å². The predicted molar refractivity (Wildman–Crippen MR) is 179 cm³/mol. The van der Waals surface area contributed by atoms with Crippen molar-refractivity contribution in [2.75, 3.05) is 31.9 Å². The number of halogens is 2. The summed E-state index contributed by atoms with van der Waals surface area (Å²) in [5, 5.41) is 19.4. The molecule has 238 valence electrons. The Morgan fingerprint density at radius 2 is 1.89 bits per heavy atom. The van der Waals surface area contributed by atoms with Gasteiger partial charge in [-0.1, -0.05) is 70.8 Å².